The van der Waals surface area contributed by atoms with Crippen LogP contribution in [0.1, 0.15) is 30.9 Å². The van der Waals surface area contributed by atoms with Gasteiger partial charge in [0.05, 0.1) is 6.61 Å². The average molecular weight is 384 g/mol. The number of guanidine groups is 1. The molecule has 0 bridgehead atoms. The van der Waals surface area contributed by atoms with Crippen molar-refractivity contribution in [2.45, 2.75) is 38.8 Å². The Morgan fingerprint density at radius 3 is 2.57 bits per heavy atom. The number of rotatable bonds is 11. The molecule has 0 radical (unpaired) electrons. The van der Waals surface area contributed by atoms with Crippen molar-refractivity contribution in [1.29, 1.82) is 0 Å². The molecule has 2 aromatic rings. The minimum absolute atomic E-state index is 0.335. The Bertz CT molecular complexity index is 704. The largest absolute Gasteiger partial charge is 0.493 e. The molecule has 1 unspecified atom stereocenters. The van der Waals surface area contributed by atoms with Crippen molar-refractivity contribution in [1.82, 2.24) is 10.6 Å². The van der Waals surface area contributed by atoms with E-state index in [1.54, 1.807) is 14.2 Å². The lowest BCUT2D eigenvalue weighted by atomic mass is 10.1. The van der Waals surface area contributed by atoms with Crippen molar-refractivity contribution in [2.24, 2.45) is 4.99 Å². The minimum atomic E-state index is 0.335. The van der Waals surface area contributed by atoms with Gasteiger partial charge in [0, 0.05) is 39.8 Å². The maximum absolute atomic E-state index is 5.77. The fourth-order valence-corrected chi connectivity index (χ4v) is 2.85. The maximum atomic E-state index is 5.77. The molecule has 0 saturated heterocycles. The van der Waals surface area contributed by atoms with Crippen molar-refractivity contribution >= 4 is 5.96 Å². The Labute approximate surface area is 169 Å². The van der Waals surface area contributed by atoms with Gasteiger partial charge in [0.2, 0.25) is 0 Å². The predicted molar refractivity (Wildman–Crippen MR) is 116 cm³/mol. The van der Waals surface area contributed by atoms with E-state index in [0.717, 1.165) is 36.5 Å². The molecule has 0 aromatic heterocycles. The Morgan fingerprint density at radius 1 is 1.04 bits per heavy atom. The topological polar surface area (TPSA) is 54.9 Å². The molecule has 0 fully saturated rings. The SMILES string of the molecule is CN=C(NCc1cccc(OCCCOC)c1)NC(C)CCc1ccccc1. The van der Waals surface area contributed by atoms with Crippen LogP contribution in [-0.4, -0.2) is 39.4 Å². The molecule has 2 N–H and O–H groups in total. The van der Waals surface area contributed by atoms with Crippen LogP contribution in [0.3, 0.4) is 0 Å². The van der Waals surface area contributed by atoms with Crippen LogP contribution in [0, 0.1) is 0 Å². The van der Waals surface area contributed by atoms with E-state index in [-0.39, 0.29) is 0 Å². The lowest BCUT2D eigenvalue weighted by Gasteiger charge is -2.18. The van der Waals surface area contributed by atoms with Crippen LogP contribution in [0.5, 0.6) is 5.75 Å². The molecule has 0 spiro atoms. The zero-order valence-electron chi connectivity index (χ0n) is 17.3. The van der Waals surface area contributed by atoms with Crippen LogP contribution in [0.4, 0.5) is 0 Å². The fraction of sp³-hybridized carbons (Fsp3) is 0.435. The average Bonchev–Trinajstić information content (AvgIpc) is 2.74. The Morgan fingerprint density at radius 2 is 1.82 bits per heavy atom. The normalized spacial score (nSPS) is 12.5. The third kappa shape index (κ3) is 8.44. The quantitative estimate of drug-likeness (QED) is 0.352. The van der Waals surface area contributed by atoms with Crippen molar-refractivity contribution in [3.63, 3.8) is 0 Å². The molecule has 152 valence electrons. The number of nitrogens with one attached hydrogen (secondary N) is 2. The van der Waals surface area contributed by atoms with E-state index in [0.29, 0.717) is 25.8 Å². The third-order valence-electron chi connectivity index (χ3n) is 4.44. The molecule has 1 atom stereocenters. The number of aliphatic imine (C=N–C) groups is 1. The van der Waals surface area contributed by atoms with Gasteiger partial charge in [0.25, 0.3) is 0 Å². The number of ether oxygens (including phenoxy) is 2. The molecular weight excluding hydrogens is 350 g/mol. The highest BCUT2D eigenvalue weighted by Crippen LogP contribution is 2.13. The third-order valence-corrected chi connectivity index (χ3v) is 4.44. The van der Waals surface area contributed by atoms with Gasteiger partial charge in [0.15, 0.2) is 5.96 Å². The highest BCUT2D eigenvalue weighted by atomic mass is 16.5. The minimum Gasteiger partial charge on any atom is -0.493 e. The fourth-order valence-electron chi connectivity index (χ4n) is 2.85. The summed E-state index contributed by atoms with van der Waals surface area (Å²) in [4.78, 5) is 4.34. The first-order valence-corrected chi connectivity index (χ1v) is 9.93. The van der Waals surface area contributed by atoms with Crippen LogP contribution in [0.2, 0.25) is 0 Å². The second-order valence-electron chi connectivity index (χ2n) is 6.84. The van der Waals surface area contributed by atoms with Gasteiger partial charge in [-0.15, -0.1) is 0 Å². The second-order valence-corrected chi connectivity index (χ2v) is 6.84. The lowest BCUT2D eigenvalue weighted by molar-refractivity contribution is 0.172. The Kier molecular flexibility index (Phi) is 9.94. The van der Waals surface area contributed by atoms with Crippen molar-refractivity contribution < 1.29 is 9.47 Å². The van der Waals surface area contributed by atoms with E-state index in [9.17, 15) is 0 Å². The van der Waals surface area contributed by atoms with Crippen LogP contribution < -0.4 is 15.4 Å². The van der Waals surface area contributed by atoms with E-state index < -0.39 is 0 Å². The number of aryl methyl sites for hydroxylation is 1. The zero-order chi connectivity index (χ0) is 20.0. The Balaban J connectivity index is 1.75. The summed E-state index contributed by atoms with van der Waals surface area (Å²) in [5.74, 6) is 1.70. The summed E-state index contributed by atoms with van der Waals surface area (Å²) in [6.45, 7) is 4.25. The van der Waals surface area contributed by atoms with Crippen LogP contribution >= 0.6 is 0 Å². The molecule has 0 aliphatic carbocycles. The van der Waals surface area contributed by atoms with E-state index in [1.165, 1.54) is 5.56 Å². The van der Waals surface area contributed by atoms with E-state index in [2.05, 4.69) is 65.0 Å². The molecule has 0 aliphatic rings. The number of hydrogen-bond donors (Lipinski definition) is 2. The van der Waals surface area contributed by atoms with Gasteiger partial charge in [-0.2, -0.15) is 0 Å². The van der Waals surface area contributed by atoms with E-state index in [1.807, 2.05) is 12.1 Å². The number of hydrogen-bond acceptors (Lipinski definition) is 3. The van der Waals surface area contributed by atoms with Gasteiger partial charge >= 0.3 is 0 Å². The van der Waals surface area contributed by atoms with Gasteiger partial charge in [-0.3, -0.25) is 4.99 Å². The first-order chi connectivity index (χ1) is 13.7. The molecule has 0 saturated carbocycles. The van der Waals surface area contributed by atoms with Gasteiger partial charge in [0.1, 0.15) is 5.75 Å². The molecule has 2 aromatic carbocycles. The second kappa shape index (κ2) is 12.8. The van der Waals surface area contributed by atoms with Crippen LogP contribution in [0.25, 0.3) is 0 Å². The zero-order valence-corrected chi connectivity index (χ0v) is 17.3. The van der Waals surface area contributed by atoms with Gasteiger partial charge in [-0.1, -0.05) is 42.5 Å². The number of nitrogens with zero attached hydrogens (tertiary/aromatic N) is 1. The van der Waals surface area contributed by atoms with Crippen molar-refractivity contribution in [3.05, 3.63) is 65.7 Å². The van der Waals surface area contributed by atoms with Crippen LogP contribution in [-0.2, 0) is 17.7 Å². The smallest absolute Gasteiger partial charge is 0.191 e. The molecule has 0 aliphatic heterocycles. The first-order valence-electron chi connectivity index (χ1n) is 9.93. The lowest BCUT2D eigenvalue weighted by Crippen LogP contribution is -2.42. The molecule has 5 heteroatoms. The number of methoxy groups -OCH3 is 1. The molecule has 28 heavy (non-hydrogen) atoms. The molecule has 0 heterocycles. The monoisotopic (exact) mass is 383 g/mol. The predicted octanol–water partition coefficient (Wildman–Crippen LogP) is 3.79. The molecular formula is C23H33N3O2. The van der Waals surface area contributed by atoms with Gasteiger partial charge in [-0.25, -0.2) is 0 Å². The highest BCUT2D eigenvalue weighted by molar-refractivity contribution is 5.79. The van der Waals surface area contributed by atoms with Gasteiger partial charge < -0.3 is 20.1 Å². The van der Waals surface area contributed by atoms with E-state index >= 15 is 0 Å². The summed E-state index contributed by atoms with van der Waals surface area (Å²) < 4.78 is 10.8. The van der Waals surface area contributed by atoms with Crippen molar-refractivity contribution in [2.75, 3.05) is 27.4 Å². The van der Waals surface area contributed by atoms with Crippen LogP contribution in [0.15, 0.2) is 59.6 Å². The number of benzene rings is 2. The van der Waals surface area contributed by atoms with Gasteiger partial charge in [-0.05, 0) is 43.0 Å². The summed E-state index contributed by atoms with van der Waals surface area (Å²) in [5.41, 5.74) is 2.52. The highest BCUT2D eigenvalue weighted by Gasteiger charge is 2.06. The summed E-state index contributed by atoms with van der Waals surface area (Å²) in [5, 5.41) is 6.85. The molecule has 0 amide bonds. The Hall–Kier alpha value is -2.53. The first kappa shape index (κ1) is 21.8. The maximum Gasteiger partial charge on any atom is 0.191 e. The summed E-state index contributed by atoms with van der Waals surface area (Å²) in [7, 11) is 3.50. The van der Waals surface area contributed by atoms with Crippen molar-refractivity contribution in [3.8, 4) is 5.75 Å². The standard InChI is InChI=1S/C23H33N3O2/c1-19(13-14-20-9-5-4-6-10-20)26-23(24-2)25-18-21-11-7-12-22(17-21)28-16-8-15-27-3/h4-7,9-12,17,19H,8,13-16,18H2,1-3H3,(H2,24,25,26). The summed E-state index contributed by atoms with van der Waals surface area (Å²) in [6.07, 6.45) is 2.99. The summed E-state index contributed by atoms with van der Waals surface area (Å²) in [6, 6.07) is 19.0. The molecule has 2 rings (SSSR count). The molecule has 5 nitrogen and oxygen atoms in total. The summed E-state index contributed by atoms with van der Waals surface area (Å²) >= 11 is 0. The van der Waals surface area contributed by atoms with E-state index in [4.69, 9.17) is 9.47 Å².